The zero-order valence-corrected chi connectivity index (χ0v) is 15.5. The SMILES string of the molecule is Cc1cc2c(N3CCN(Cc4cccc5ccccc45)CC3)nccn2n1. The quantitative estimate of drug-likeness (QED) is 0.562. The molecule has 5 heteroatoms. The number of nitrogens with zero attached hydrogens (tertiary/aromatic N) is 5. The molecule has 0 spiro atoms. The van der Waals surface area contributed by atoms with E-state index in [-0.39, 0.29) is 0 Å². The van der Waals surface area contributed by atoms with Crippen LogP contribution in [0.15, 0.2) is 60.9 Å². The number of rotatable bonds is 3. The van der Waals surface area contributed by atoms with Crippen LogP contribution >= 0.6 is 0 Å². The van der Waals surface area contributed by atoms with Crippen LogP contribution in [0.1, 0.15) is 11.3 Å². The Labute approximate surface area is 158 Å². The summed E-state index contributed by atoms with van der Waals surface area (Å²) in [5.74, 6) is 1.04. The highest BCUT2D eigenvalue weighted by atomic mass is 15.3. The summed E-state index contributed by atoms with van der Waals surface area (Å²) >= 11 is 0. The van der Waals surface area contributed by atoms with Crippen molar-refractivity contribution in [1.29, 1.82) is 0 Å². The zero-order chi connectivity index (χ0) is 18.2. The third-order valence-corrected chi connectivity index (χ3v) is 5.44. The molecule has 2 aromatic carbocycles. The molecule has 4 aromatic rings. The molecule has 1 aliphatic rings. The molecule has 5 nitrogen and oxygen atoms in total. The van der Waals surface area contributed by atoms with Gasteiger partial charge in [0.1, 0.15) is 5.52 Å². The Kier molecular flexibility index (Phi) is 4.02. The van der Waals surface area contributed by atoms with Gasteiger partial charge >= 0.3 is 0 Å². The van der Waals surface area contributed by atoms with Gasteiger partial charge in [-0.15, -0.1) is 0 Å². The normalized spacial score (nSPS) is 15.7. The van der Waals surface area contributed by atoms with E-state index in [0.717, 1.165) is 49.8 Å². The van der Waals surface area contributed by atoms with Crippen molar-refractivity contribution in [2.45, 2.75) is 13.5 Å². The lowest BCUT2D eigenvalue weighted by molar-refractivity contribution is 0.250. The van der Waals surface area contributed by atoms with Crippen molar-refractivity contribution >= 4 is 22.1 Å². The number of benzene rings is 2. The molecule has 0 atom stereocenters. The highest BCUT2D eigenvalue weighted by Gasteiger charge is 2.20. The molecule has 0 bridgehead atoms. The van der Waals surface area contributed by atoms with Crippen LogP contribution in [-0.2, 0) is 6.54 Å². The van der Waals surface area contributed by atoms with Gasteiger partial charge in [-0.25, -0.2) is 9.50 Å². The summed E-state index contributed by atoms with van der Waals surface area (Å²) in [6, 6.07) is 17.4. The molecule has 136 valence electrons. The Balaban J connectivity index is 1.33. The van der Waals surface area contributed by atoms with Crippen LogP contribution in [0.3, 0.4) is 0 Å². The predicted octanol–water partition coefficient (Wildman–Crippen LogP) is 3.51. The fourth-order valence-corrected chi connectivity index (χ4v) is 4.06. The molecule has 3 heterocycles. The van der Waals surface area contributed by atoms with Crippen LogP contribution in [0, 0.1) is 6.92 Å². The molecule has 0 radical (unpaired) electrons. The van der Waals surface area contributed by atoms with E-state index in [2.05, 4.69) is 68.4 Å². The predicted molar refractivity (Wildman–Crippen MR) is 109 cm³/mol. The molecule has 0 N–H and O–H groups in total. The topological polar surface area (TPSA) is 36.7 Å². The molecule has 5 rings (SSSR count). The third-order valence-electron chi connectivity index (χ3n) is 5.44. The summed E-state index contributed by atoms with van der Waals surface area (Å²) in [4.78, 5) is 9.57. The lowest BCUT2D eigenvalue weighted by atomic mass is 10.0. The second kappa shape index (κ2) is 6.67. The van der Waals surface area contributed by atoms with E-state index in [1.165, 1.54) is 16.3 Å². The minimum atomic E-state index is 0.988. The third kappa shape index (κ3) is 3.04. The molecule has 0 amide bonds. The van der Waals surface area contributed by atoms with E-state index < -0.39 is 0 Å². The minimum absolute atomic E-state index is 0.988. The summed E-state index contributed by atoms with van der Waals surface area (Å²) < 4.78 is 1.93. The van der Waals surface area contributed by atoms with Crippen molar-refractivity contribution in [2.75, 3.05) is 31.1 Å². The van der Waals surface area contributed by atoms with Crippen molar-refractivity contribution in [3.8, 4) is 0 Å². The smallest absolute Gasteiger partial charge is 0.154 e. The molecule has 1 aliphatic heterocycles. The Morgan fingerprint density at radius 3 is 2.67 bits per heavy atom. The van der Waals surface area contributed by atoms with Crippen molar-refractivity contribution in [1.82, 2.24) is 19.5 Å². The van der Waals surface area contributed by atoms with Gasteiger partial charge in [-0.1, -0.05) is 42.5 Å². The number of aromatic nitrogens is 3. The van der Waals surface area contributed by atoms with E-state index in [1.54, 1.807) is 0 Å². The van der Waals surface area contributed by atoms with Crippen LogP contribution in [-0.4, -0.2) is 45.7 Å². The van der Waals surface area contributed by atoms with Gasteiger partial charge in [0, 0.05) is 45.1 Å². The van der Waals surface area contributed by atoms with Gasteiger partial charge in [-0.3, -0.25) is 4.90 Å². The van der Waals surface area contributed by atoms with E-state index in [0.29, 0.717) is 0 Å². The standard InChI is InChI=1S/C22H23N5/c1-17-15-21-22(23-9-10-27(21)24-17)26-13-11-25(12-14-26)16-19-7-4-6-18-5-2-3-8-20(18)19/h2-10,15H,11-14,16H2,1H3. The number of piperazine rings is 1. The van der Waals surface area contributed by atoms with Crippen LogP contribution in [0.4, 0.5) is 5.82 Å². The molecule has 0 unspecified atom stereocenters. The van der Waals surface area contributed by atoms with Gasteiger partial charge in [0.2, 0.25) is 0 Å². The zero-order valence-electron chi connectivity index (χ0n) is 15.5. The molecule has 0 aliphatic carbocycles. The molecule has 27 heavy (non-hydrogen) atoms. The Morgan fingerprint density at radius 1 is 0.963 bits per heavy atom. The maximum atomic E-state index is 4.64. The highest BCUT2D eigenvalue weighted by molar-refractivity contribution is 5.85. The molecule has 1 saturated heterocycles. The van der Waals surface area contributed by atoms with E-state index in [4.69, 9.17) is 0 Å². The van der Waals surface area contributed by atoms with Crippen LogP contribution in [0.5, 0.6) is 0 Å². The Morgan fingerprint density at radius 2 is 1.78 bits per heavy atom. The molecular formula is C22H23N5. The van der Waals surface area contributed by atoms with E-state index in [9.17, 15) is 0 Å². The summed E-state index contributed by atoms with van der Waals surface area (Å²) in [5, 5.41) is 7.19. The van der Waals surface area contributed by atoms with Gasteiger partial charge in [0.25, 0.3) is 0 Å². The van der Waals surface area contributed by atoms with Gasteiger partial charge in [-0.05, 0) is 29.3 Å². The first-order valence-corrected chi connectivity index (χ1v) is 9.53. The second-order valence-electron chi connectivity index (χ2n) is 7.27. The molecule has 2 aromatic heterocycles. The summed E-state index contributed by atoms with van der Waals surface area (Å²) in [6.45, 7) is 7.08. The largest absolute Gasteiger partial charge is 0.352 e. The van der Waals surface area contributed by atoms with Crippen molar-refractivity contribution < 1.29 is 0 Å². The fourth-order valence-electron chi connectivity index (χ4n) is 4.06. The number of hydrogen-bond donors (Lipinski definition) is 0. The average molecular weight is 357 g/mol. The second-order valence-corrected chi connectivity index (χ2v) is 7.27. The van der Waals surface area contributed by atoms with Crippen molar-refractivity contribution in [2.24, 2.45) is 0 Å². The van der Waals surface area contributed by atoms with Gasteiger partial charge < -0.3 is 4.90 Å². The van der Waals surface area contributed by atoms with Crippen molar-refractivity contribution in [3.63, 3.8) is 0 Å². The summed E-state index contributed by atoms with van der Waals surface area (Å²) in [7, 11) is 0. The maximum Gasteiger partial charge on any atom is 0.154 e. The van der Waals surface area contributed by atoms with Gasteiger partial charge in [-0.2, -0.15) is 5.10 Å². The van der Waals surface area contributed by atoms with Crippen LogP contribution in [0.2, 0.25) is 0 Å². The molecule has 0 saturated carbocycles. The molecular weight excluding hydrogens is 334 g/mol. The van der Waals surface area contributed by atoms with Gasteiger partial charge in [0.05, 0.1) is 5.69 Å². The maximum absolute atomic E-state index is 4.64. The number of hydrogen-bond acceptors (Lipinski definition) is 4. The fraction of sp³-hybridized carbons (Fsp3) is 0.273. The molecule has 1 fully saturated rings. The van der Waals surface area contributed by atoms with E-state index in [1.807, 2.05) is 23.8 Å². The first-order valence-electron chi connectivity index (χ1n) is 9.53. The number of fused-ring (bicyclic) bond motifs is 2. The Bertz CT molecular complexity index is 1090. The number of anilines is 1. The van der Waals surface area contributed by atoms with Crippen LogP contribution in [0.25, 0.3) is 16.3 Å². The van der Waals surface area contributed by atoms with Crippen LogP contribution < -0.4 is 4.90 Å². The average Bonchev–Trinajstić information content (AvgIpc) is 3.09. The van der Waals surface area contributed by atoms with E-state index >= 15 is 0 Å². The van der Waals surface area contributed by atoms with Crippen molar-refractivity contribution in [3.05, 3.63) is 72.2 Å². The highest BCUT2D eigenvalue weighted by Crippen LogP contribution is 2.23. The first kappa shape index (κ1) is 16.3. The first-order chi connectivity index (χ1) is 13.3. The number of aryl methyl sites for hydroxylation is 1. The lowest BCUT2D eigenvalue weighted by Gasteiger charge is -2.35. The summed E-state index contributed by atoms with van der Waals surface area (Å²) in [5.41, 5.74) is 3.53. The lowest BCUT2D eigenvalue weighted by Crippen LogP contribution is -2.46. The minimum Gasteiger partial charge on any atom is -0.352 e. The van der Waals surface area contributed by atoms with Gasteiger partial charge in [0.15, 0.2) is 5.82 Å². The monoisotopic (exact) mass is 357 g/mol. The Hall–Kier alpha value is -2.92. The summed E-state index contributed by atoms with van der Waals surface area (Å²) in [6.07, 6.45) is 3.76.